The molecule has 0 aliphatic heterocycles. The van der Waals surface area contributed by atoms with Crippen molar-refractivity contribution in [1.29, 1.82) is 0 Å². The fourth-order valence-electron chi connectivity index (χ4n) is 4.04. The first-order chi connectivity index (χ1) is 10.2. The molecule has 0 heterocycles. The molecule has 0 unspecified atom stereocenters. The molecule has 3 nitrogen and oxygen atoms in total. The third-order valence-electron chi connectivity index (χ3n) is 5.55. The zero-order valence-corrected chi connectivity index (χ0v) is 14.1. The summed E-state index contributed by atoms with van der Waals surface area (Å²) >= 11 is 0. The van der Waals surface area contributed by atoms with Crippen LogP contribution in [0.1, 0.15) is 77.0 Å². The van der Waals surface area contributed by atoms with Gasteiger partial charge in [-0.2, -0.15) is 0 Å². The van der Waals surface area contributed by atoms with E-state index >= 15 is 0 Å². The van der Waals surface area contributed by atoms with Crippen molar-refractivity contribution in [3.63, 3.8) is 0 Å². The van der Waals surface area contributed by atoms with Crippen molar-refractivity contribution in [1.82, 2.24) is 10.2 Å². The lowest BCUT2D eigenvalue weighted by atomic mass is 9.94. The van der Waals surface area contributed by atoms with E-state index in [1.807, 2.05) is 0 Å². The molecule has 21 heavy (non-hydrogen) atoms. The van der Waals surface area contributed by atoms with Gasteiger partial charge in [-0.15, -0.1) is 0 Å². The van der Waals surface area contributed by atoms with Crippen LogP contribution in [-0.4, -0.2) is 48.3 Å². The average molecular weight is 296 g/mol. The highest BCUT2D eigenvalue weighted by molar-refractivity contribution is 4.83. The Morgan fingerprint density at radius 3 is 2.29 bits per heavy atom. The van der Waals surface area contributed by atoms with E-state index in [2.05, 4.69) is 17.3 Å². The number of aliphatic hydroxyl groups is 1. The van der Waals surface area contributed by atoms with Crippen LogP contribution in [0.15, 0.2) is 0 Å². The lowest BCUT2D eigenvalue weighted by molar-refractivity contribution is 0.0252. The minimum atomic E-state index is -0.425. The molecule has 0 aromatic heterocycles. The standard InChI is InChI=1S/C18H36N2O/c1-20(17-10-5-4-6-11-17)15-9-14-19-16-18(21)12-7-2-3-8-13-18/h17,19,21H,2-16H2,1H3. The van der Waals surface area contributed by atoms with Gasteiger partial charge in [-0.05, 0) is 52.2 Å². The molecule has 2 aliphatic carbocycles. The van der Waals surface area contributed by atoms with Gasteiger partial charge in [-0.3, -0.25) is 0 Å². The van der Waals surface area contributed by atoms with Gasteiger partial charge in [0.05, 0.1) is 5.60 Å². The summed E-state index contributed by atoms with van der Waals surface area (Å²) in [6.45, 7) is 3.02. The molecule has 2 rings (SSSR count). The zero-order chi connectivity index (χ0) is 15.0. The summed E-state index contributed by atoms with van der Waals surface area (Å²) in [6.07, 6.45) is 15.2. The van der Waals surface area contributed by atoms with Crippen LogP contribution < -0.4 is 5.32 Å². The van der Waals surface area contributed by atoms with Crippen molar-refractivity contribution in [2.45, 2.75) is 88.7 Å². The first-order valence-electron chi connectivity index (χ1n) is 9.33. The molecule has 0 radical (unpaired) electrons. The maximum atomic E-state index is 10.6. The van der Waals surface area contributed by atoms with Crippen molar-refractivity contribution in [2.75, 3.05) is 26.7 Å². The molecule has 0 spiro atoms. The molecule has 124 valence electrons. The lowest BCUT2D eigenvalue weighted by Gasteiger charge is -2.31. The summed E-state index contributed by atoms with van der Waals surface area (Å²) in [6, 6.07) is 0.824. The lowest BCUT2D eigenvalue weighted by Crippen LogP contribution is -2.41. The Hall–Kier alpha value is -0.120. The van der Waals surface area contributed by atoms with Crippen LogP contribution in [0, 0.1) is 0 Å². The second kappa shape index (κ2) is 9.12. The Kier molecular flexibility index (Phi) is 7.48. The van der Waals surface area contributed by atoms with Gasteiger partial charge in [0.2, 0.25) is 0 Å². The third-order valence-corrected chi connectivity index (χ3v) is 5.55. The summed E-state index contributed by atoms with van der Waals surface area (Å²) in [5.41, 5.74) is -0.425. The average Bonchev–Trinajstić information content (AvgIpc) is 2.73. The van der Waals surface area contributed by atoms with E-state index in [0.717, 1.165) is 32.0 Å². The van der Waals surface area contributed by atoms with Crippen molar-refractivity contribution in [2.24, 2.45) is 0 Å². The van der Waals surface area contributed by atoms with Crippen molar-refractivity contribution in [3.8, 4) is 0 Å². The normalized spacial score (nSPS) is 24.1. The van der Waals surface area contributed by atoms with E-state index < -0.39 is 5.60 Å². The minimum absolute atomic E-state index is 0.425. The first kappa shape index (κ1) is 17.2. The van der Waals surface area contributed by atoms with Gasteiger partial charge in [0, 0.05) is 12.6 Å². The topological polar surface area (TPSA) is 35.5 Å². The fourth-order valence-corrected chi connectivity index (χ4v) is 4.04. The molecule has 0 saturated heterocycles. The minimum Gasteiger partial charge on any atom is -0.389 e. The van der Waals surface area contributed by atoms with Crippen LogP contribution in [-0.2, 0) is 0 Å². The van der Waals surface area contributed by atoms with Gasteiger partial charge in [-0.25, -0.2) is 0 Å². The van der Waals surface area contributed by atoms with E-state index in [9.17, 15) is 5.11 Å². The van der Waals surface area contributed by atoms with Crippen LogP contribution in [0.3, 0.4) is 0 Å². The Morgan fingerprint density at radius 1 is 1.00 bits per heavy atom. The number of hydrogen-bond acceptors (Lipinski definition) is 3. The molecular weight excluding hydrogens is 260 g/mol. The molecule has 0 amide bonds. The molecule has 2 fully saturated rings. The third kappa shape index (κ3) is 6.25. The van der Waals surface area contributed by atoms with E-state index in [1.165, 1.54) is 70.8 Å². The van der Waals surface area contributed by atoms with Crippen LogP contribution in [0.5, 0.6) is 0 Å². The van der Waals surface area contributed by atoms with Crippen molar-refractivity contribution in [3.05, 3.63) is 0 Å². The van der Waals surface area contributed by atoms with Gasteiger partial charge >= 0.3 is 0 Å². The molecule has 0 atom stereocenters. The second-order valence-corrected chi connectivity index (χ2v) is 7.44. The molecule has 2 N–H and O–H groups in total. The molecule has 3 heteroatoms. The Labute approximate surface area is 131 Å². The molecule has 0 aromatic carbocycles. The van der Waals surface area contributed by atoms with Crippen LogP contribution in [0.2, 0.25) is 0 Å². The Morgan fingerprint density at radius 2 is 1.62 bits per heavy atom. The molecule has 0 aromatic rings. The summed E-state index contributed by atoms with van der Waals surface area (Å²) in [5, 5.41) is 14.1. The zero-order valence-electron chi connectivity index (χ0n) is 14.1. The number of hydrogen-bond donors (Lipinski definition) is 2. The van der Waals surface area contributed by atoms with Crippen LogP contribution in [0.25, 0.3) is 0 Å². The Bertz CT molecular complexity index is 268. The fraction of sp³-hybridized carbons (Fsp3) is 1.00. The monoisotopic (exact) mass is 296 g/mol. The SMILES string of the molecule is CN(CCCNCC1(O)CCCCCC1)C1CCCCC1. The van der Waals surface area contributed by atoms with E-state index in [0.29, 0.717) is 0 Å². The quantitative estimate of drug-likeness (QED) is 0.559. The number of rotatable bonds is 7. The first-order valence-corrected chi connectivity index (χ1v) is 9.33. The van der Waals surface area contributed by atoms with Gasteiger partial charge in [0.25, 0.3) is 0 Å². The Balaban J connectivity index is 1.54. The molecule has 0 bridgehead atoms. The van der Waals surface area contributed by atoms with Crippen molar-refractivity contribution < 1.29 is 5.11 Å². The summed E-state index contributed by atoms with van der Waals surface area (Å²) in [4.78, 5) is 2.56. The summed E-state index contributed by atoms with van der Waals surface area (Å²) in [5.74, 6) is 0. The second-order valence-electron chi connectivity index (χ2n) is 7.44. The van der Waals surface area contributed by atoms with E-state index in [-0.39, 0.29) is 0 Å². The van der Waals surface area contributed by atoms with Crippen LogP contribution in [0.4, 0.5) is 0 Å². The molecular formula is C18H36N2O. The van der Waals surface area contributed by atoms with E-state index in [1.54, 1.807) is 0 Å². The van der Waals surface area contributed by atoms with Gasteiger partial charge < -0.3 is 15.3 Å². The molecule has 2 aliphatic rings. The predicted molar refractivity (Wildman–Crippen MR) is 89.6 cm³/mol. The van der Waals surface area contributed by atoms with Gasteiger partial charge in [0.1, 0.15) is 0 Å². The highest BCUT2D eigenvalue weighted by Gasteiger charge is 2.27. The van der Waals surface area contributed by atoms with Crippen molar-refractivity contribution >= 4 is 0 Å². The summed E-state index contributed by atoms with van der Waals surface area (Å²) in [7, 11) is 2.29. The maximum absolute atomic E-state index is 10.6. The highest BCUT2D eigenvalue weighted by Crippen LogP contribution is 2.26. The maximum Gasteiger partial charge on any atom is 0.0771 e. The largest absolute Gasteiger partial charge is 0.389 e. The summed E-state index contributed by atoms with van der Waals surface area (Å²) < 4.78 is 0. The molecule has 2 saturated carbocycles. The van der Waals surface area contributed by atoms with Crippen LogP contribution >= 0.6 is 0 Å². The number of nitrogens with one attached hydrogen (secondary N) is 1. The smallest absolute Gasteiger partial charge is 0.0771 e. The number of nitrogens with zero attached hydrogens (tertiary/aromatic N) is 1. The highest BCUT2D eigenvalue weighted by atomic mass is 16.3. The predicted octanol–water partition coefficient (Wildman–Crippen LogP) is 3.32. The van der Waals surface area contributed by atoms with Gasteiger partial charge in [0.15, 0.2) is 0 Å². The van der Waals surface area contributed by atoms with E-state index in [4.69, 9.17) is 0 Å². The van der Waals surface area contributed by atoms with Gasteiger partial charge in [-0.1, -0.05) is 44.9 Å².